The van der Waals surface area contributed by atoms with Gasteiger partial charge in [-0.1, -0.05) is 53.4 Å². The van der Waals surface area contributed by atoms with Gasteiger partial charge in [0.05, 0.1) is 22.2 Å². The highest BCUT2D eigenvalue weighted by atomic mass is 32.2. The first kappa shape index (κ1) is 20.8. The molecule has 0 spiro atoms. The highest BCUT2D eigenvalue weighted by Gasteiger charge is 2.57. The topological polar surface area (TPSA) is 90.5 Å². The molecule has 1 saturated heterocycles. The molecule has 3 heterocycles. The average Bonchev–Trinajstić information content (AvgIpc) is 3.23. The van der Waals surface area contributed by atoms with Crippen LogP contribution in [0.15, 0.2) is 58.4 Å². The molecule has 11 heteroatoms. The van der Waals surface area contributed by atoms with Gasteiger partial charge in [0.15, 0.2) is 0 Å². The molecule has 2 N–H and O–H groups in total. The number of para-hydroxylation sites is 2. The predicted molar refractivity (Wildman–Crippen MR) is 112 cm³/mol. The number of hydrogen-bond acceptors (Lipinski definition) is 6. The van der Waals surface area contributed by atoms with Gasteiger partial charge in [0.25, 0.3) is 0 Å². The summed E-state index contributed by atoms with van der Waals surface area (Å²) in [5, 5.41) is 9.78. The minimum absolute atomic E-state index is 0.135. The Morgan fingerprint density at radius 1 is 0.969 bits per heavy atom. The summed E-state index contributed by atoms with van der Waals surface area (Å²) in [4.78, 5) is 42.1. The lowest BCUT2D eigenvalue weighted by Gasteiger charge is -2.30. The summed E-state index contributed by atoms with van der Waals surface area (Å²) in [6.45, 7) is 0. The van der Waals surface area contributed by atoms with Crippen LogP contribution in [0.1, 0.15) is 21.9 Å². The van der Waals surface area contributed by atoms with Gasteiger partial charge in [-0.15, -0.1) is 0 Å². The summed E-state index contributed by atoms with van der Waals surface area (Å²) >= 11 is 1.81. The number of thiazole rings is 1. The standard InChI is InChI=1S/C21H13F3N2O4S2/c22-21(23,24)10-6-2-3-7-11(10)26-18(28)14-13(9-5-1-4-8-12(9)27)15-17(25-20(30)32-15)31-16(14)19(26)29/h1-8,13-14,16,27H,(H,25,30). The van der Waals surface area contributed by atoms with Crippen LogP contribution in [-0.4, -0.2) is 27.2 Å². The Morgan fingerprint density at radius 2 is 1.66 bits per heavy atom. The van der Waals surface area contributed by atoms with Gasteiger partial charge in [0, 0.05) is 16.4 Å². The fraction of sp³-hybridized carbons (Fsp3) is 0.190. The Balaban J connectivity index is 1.69. The first-order valence-electron chi connectivity index (χ1n) is 9.40. The second-order valence-electron chi connectivity index (χ2n) is 7.34. The van der Waals surface area contributed by atoms with E-state index < -0.39 is 46.3 Å². The van der Waals surface area contributed by atoms with Crippen LogP contribution in [0.25, 0.3) is 0 Å². The Morgan fingerprint density at radius 3 is 2.38 bits per heavy atom. The van der Waals surface area contributed by atoms with E-state index in [9.17, 15) is 32.7 Å². The number of alkyl halides is 3. The molecule has 32 heavy (non-hydrogen) atoms. The van der Waals surface area contributed by atoms with Crippen LogP contribution in [0.2, 0.25) is 0 Å². The quantitative estimate of drug-likeness (QED) is 0.545. The first-order valence-corrected chi connectivity index (χ1v) is 11.1. The molecule has 2 aliphatic heterocycles. The molecule has 0 saturated carbocycles. The van der Waals surface area contributed by atoms with Crippen molar-refractivity contribution in [3.05, 3.63) is 74.2 Å². The number of amides is 2. The van der Waals surface area contributed by atoms with Crippen molar-refractivity contribution in [1.82, 2.24) is 4.98 Å². The summed E-state index contributed by atoms with van der Waals surface area (Å²) in [6.07, 6.45) is -4.76. The van der Waals surface area contributed by atoms with Crippen molar-refractivity contribution >= 4 is 40.6 Å². The van der Waals surface area contributed by atoms with Crippen molar-refractivity contribution in [3.63, 3.8) is 0 Å². The Bertz CT molecular complexity index is 1320. The van der Waals surface area contributed by atoms with Crippen molar-refractivity contribution in [2.75, 3.05) is 4.90 Å². The number of aromatic amines is 1. The number of phenols is 1. The van der Waals surface area contributed by atoms with Crippen LogP contribution >= 0.6 is 23.1 Å². The zero-order valence-corrected chi connectivity index (χ0v) is 17.6. The maximum atomic E-state index is 13.6. The second-order valence-corrected chi connectivity index (χ2v) is 9.50. The minimum Gasteiger partial charge on any atom is -0.508 e. The number of aromatic hydroxyl groups is 1. The van der Waals surface area contributed by atoms with E-state index in [1.807, 2.05) is 0 Å². The Kier molecular flexibility index (Phi) is 4.71. The van der Waals surface area contributed by atoms with E-state index >= 15 is 0 Å². The zero-order chi connectivity index (χ0) is 22.8. The smallest absolute Gasteiger partial charge is 0.418 e. The van der Waals surface area contributed by atoms with Gasteiger partial charge < -0.3 is 10.1 Å². The molecule has 3 unspecified atom stereocenters. The SMILES string of the molecule is O=C1C2Sc3[nH]c(=O)sc3C(c3ccccc3O)C2C(=O)N1c1ccccc1C(F)(F)F. The molecule has 2 aromatic carbocycles. The summed E-state index contributed by atoms with van der Waals surface area (Å²) in [6, 6.07) is 10.6. The van der Waals surface area contributed by atoms with E-state index in [2.05, 4.69) is 4.98 Å². The molecule has 3 atom stereocenters. The number of carbonyl (C=O) groups excluding carboxylic acids is 2. The van der Waals surface area contributed by atoms with Crippen molar-refractivity contribution in [1.29, 1.82) is 0 Å². The van der Waals surface area contributed by atoms with E-state index in [1.165, 1.54) is 18.2 Å². The Hall–Kier alpha value is -3.05. The lowest BCUT2D eigenvalue weighted by Crippen LogP contribution is -2.33. The number of H-pyrrole nitrogens is 1. The molecular weight excluding hydrogens is 465 g/mol. The van der Waals surface area contributed by atoms with Gasteiger partial charge in [0.2, 0.25) is 11.8 Å². The lowest BCUT2D eigenvalue weighted by atomic mass is 9.82. The van der Waals surface area contributed by atoms with Crippen molar-refractivity contribution in [3.8, 4) is 5.75 Å². The number of anilines is 1. The predicted octanol–water partition coefficient (Wildman–Crippen LogP) is 3.96. The van der Waals surface area contributed by atoms with E-state index in [0.717, 1.165) is 35.2 Å². The van der Waals surface area contributed by atoms with Crippen LogP contribution in [0.5, 0.6) is 5.75 Å². The van der Waals surface area contributed by atoms with Crippen molar-refractivity contribution in [2.24, 2.45) is 5.92 Å². The Labute approximate surface area is 186 Å². The van der Waals surface area contributed by atoms with Crippen molar-refractivity contribution in [2.45, 2.75) is 22.4 Å². The number of imide groups is 1. The van der Waals surface area contributed by atoms with Crippen LogP contribution in [-0.2, 0) is 15.8 Å². The maximum Gasteiger partial charge on any atom is 0.418 e. The second kappa shape index (κ2) is 7.24. The van der Waals surface area contributed by atoms with Gasteiger partial charge in [-0.3, -0.25) is 14.4 Å². The van der Waals surface area contributed by atoms with Crippen LogP contribution in [0.3, 0.4) is 0 Å². The molecule has 0 radical (unpaired) electrons. The number of fused-ring (bicyclic) bond motifs is 2. The summed E-state index contributed by atoms with van der Waals surface area (Å²) in [5.74, 6) is -3.67. The van der Waals surface area contributed by atoms with Crippen LogP contribution in [0.4, 0.5) is 18.9 Å². The number of halogens is 3. The highest BCUT2D eigenvalue weighted by Crippen LogP contribution is 2.55. The number of nitrogens with zero attached hydrogens (tertiary/aromatic N) is 1. The highest BCUT2D eigenvalue weighted by molar-refractivity contribution is 8.00. The third-order valence-electron chi connectivity index (χ3n) is 5.55. The largest absolute Gasteiger partial charge is 0.508 e. The van der Waals surface area contributed by atoms with E-state index in [1.54, 1.807) is 18.2 Å². The van der Waals surface area contributed by atoms with Crippen LogP contribution in [0, 0.1) is 5.92 Å². The van der Waals surface area contributed by atoms with E-state index in [4.69, 9.17) is 0 Å². The monoisotopic (exact) mass is 478 g/mol. The molecule has 6 nitrogen and oxygen atoms in total. The minimum atomic E-state index is -4.76. The number of thioether (sulfide) groups is 1. The zero-order valence-electron chi connectivity index (χ0n) is 15.9. The molecule has 2 amide bonds. The summed E-state index contributed by atoms with van der Waals surface area (Å²) in [5.41, 5.74) is -1.29. The number of aromatic nitrogens is 1. The number of carbonyl (C=O) groups is 2. The number of phenolic OH excluding ortho intramolecular Hbond substituents is 1. The van der Waals surface area contributed by atoms with Gasteiger partial charge in [-0.25, -0.2) is 4.90 Å². The van der Waals surface area contributed by atoms with Gasteiger partial charge in [0.1, 0.15) is 11.0 Å². The number of hydrogen-bond donors (Lipinski definition) is 2. The molecule has 5 rings (SSSR count). The summed E-state index contributed by atoms with van der Waals surface area (Å²) in [7, 11) is 0. The fourth-order valence-electron chi connectivity index (χ4n) is 4.25. The number of nitrogens with one attached hydrogen (secondary N) is 1. The molecule has 0 aliphatic carbocycles. The normalized spacial score (nSPS) is 22.7. The van der Waals surface area contributed by atoms with Gasteiger partial charge >= 0.3 is 11.0 Å². The molecule has 3 aromatic rings. The molecule has 2 aliphatic rings. The lowest BCUT2D eigenvalue weighted by molar-refractivity contribution is -0.137. The fourth-order valence-corrected chi connectivity index (χ4v) is 6.75. The molecule has 1 aromatic heterocycles. The van der Waals surface area contributed by atoms with Gasteiger partial charge in [-0.05, 0) is 18.2 Å². The number of rotatable bonds is 2. The molecular formula is C21H13F3N2O4S2. The van der Waals surface area contributed by atoms with Crippen molar-refractivity contribution < 1.29 is 27.9 Å². The van der Waals surface area contributed by atoms with E-state index in [0.29, 0.717) is 20.4 Å². The van der Waals surface area contributed by atoms with Gasteiger partial charge in [-0.2, -0.15) is 13.2 Å². The van der Waals surface area contributed by atoms with E-state index in [-0.39, 0.29) is 10.6 Å². The molecule has 0 bridgehead atoms. The third kappa shape index (κ3) is 3.06. The van der Waals surface area contributed by atoms with Crippen LogP contribution < -0.4 is 9.77 Å². The first-order chi connectivity index (χ1) is 15.2. The third-order valence-corrected chi connectivity index (χ3v) is 7.95. The maximum absolute atomic E-state index is 13.6. The summed E-state index contributed by atoms with van der Waals surface area (Å²) < 4.78 is 40.8. The molecule has 1 fully saturated rings. The molecule has 164 valence electrons. The average molecular weight is 478 g/mol. The number of benzene rings is 2.